The maximum atomic E-state index is 13.0. The molecule has 31 heavy (non-hydrogen) atoms. The average Bonchev–Trinajstić information content (AvgIpc) is 3.28. The van der Waals surface area contributed by atoms with Crippen molar-refractivity contribution in [3.63, 3.8) is 0 Å². The van der Waals surface area contributed by atoms with Crippen molar-refractivity contribution >= 4 is 22.6 Å². The first-order valence-corrected chi connectivity index (χ1v) is 10.9. The fraction of sp³-hybridized carbons (Fsp3) is 0.259. The summed E-state index contributed by atoms with van der Waals surface area (Å²) in [5, 5.41) is 0. The van der Waals surface area contributed by atoms with Gasteiger partial charge in [0.1, 0.15) is 5.82 Å². The lowest BCUT2D eigenvalue weighted by Gasteiger charge is -2.19. The van der Waals surface area contributed by atoms with E-state index in [0.29, 0.717) is 13.0 Å². The number of fused-ring (bicyclic) bond motifs is 1. The molecule has 0 radical (unpaired) electrons. The van der Waals surface area contributed by atoms with Gasteiger partial charge in [-0.25, -0.2) is 4.98 Å². The molecule has 1 aliphatic heterocycles. The summed E-state index contributed by atoms with van der Waals surface area (Å²) in [6, 6.07) is 23.2. The van der Waals surface area contributed by atoms with Gasteiger partial charge in [0, 0.05) is 31.1 Å². The molecule has 1 saturated heterocycles. The van der Waals surface area contributed by atoms with Crippen LogP contribution in [0.4, 0.5) is 5.69 Å². The van der Waals surface area contributed by atoms with E-state index in [1.54, 1.807) is 0 Å². The summed E-state index contributed by atoms with van der Waals surface area (Å²) in [5.41, 5.74) is 7.96. The number of amides is 1. The summed E-state index contributed by atoms with van der Waals surface area (Å²) in [6.45, 7) is 7.70. The lowest BCUT2D eigenvalue weighted by molar-refractivity contribution is -0.117. The summed E-state index contributed by atoms with van der Waals surface area (Å²) in [7, 11) is 0. The quantitative estimate of drug-likeness (QED) is 0.444. The second-order valence-corrected chi connectivity index (χ2v) is 8.79. The Balaban J connectivity index is 1.53. The topological polar surface area (TPSA) is 38.1 Å². The molecule has 4 aromatic rings. The van der Waals surface area contributed by atoms with Crippen molar-refractivity contribution in [3.05, 3.63) is 94.8 Å². The van der Waals surface area contributed by atoms with Crippen molar-refractivity contribution in [2.75, 3.05) is 11.4 Å². The number of carbonyl (C=O) groups excluding carboxylic acids is 1. The fourth-order valence-corrected chi connectivity index (χ4v) is 4.80. The van der Waals surface area contributed by atoms with E-state index in [9.17, 15) is 4.79 Å². The van der Waals surface area contributed by atoms with Crippen molar-refractivity contribution in [2.24, 2.45) is 0 Å². The minimum atomic E-state index is 0.0746. The van der Waals surface area contributed by atoms with Crippen molar-refractivity contribution < 1.29 is 4.79 Å². The lowest BCUT2D eigenvalue weighted by Crippen LogP contribution is -2.24. The molecular weight excluding hydrogens is 382 g/mol. The number of hydrogen-bond acceptors (Lipinski definition) is 2. The van der Waals surface area contributed by atoms with Gasteiger partial charge in [0.05, 0.1) is 11.0 Å². The van der Waals surface area contributed by atoms with Crippen LogP contribution >= 0.6 is 0 Å². The fourth-order valence-electron chi connectivity index (χ4n) is 4.80. The van der Waals surface area contributed by atoms with Crippen LogP contribution in [-0.4, -0.2) is 22.0 Å². The number of aromatic nitrogens is 2. The molecule has 1 aromatic heterocycles. The minimum Gasteiger partial charge on any atom is -0.323 e. The van der Waals surface area contributed by atoms with Gasteiger partial charge in [0.25, 0.3) is 0 Å². The number of rotatable bonds is 4. The molecule has 1 amide bonds. The van der Waals surface area contributed by atoms with Crippen LogP contribution in [0.5, 0.6) is 0 Å². The van der Waals surface area contributed by atoms with E-state index in [2.05, 4.69) is 86.0 Å². The first kappa shape index (κ1) is 19.6. The van der Waals surface area contributed by atoms with Gasteiger partial charge in [-0.3, -0.25) is 4.79 Å². The number of imidazole rings is 1. The predicted molar refractivity (Wildman–Crippen MR) is 126 cm³/mol. The summed E-state index contributed by atoms with van der Waals surface area (Å²) in [4.78, 5) is 19.9. The van der Waals surface area contributed by atoms with Crippen LogP contribution in [0.1, 0.15) is 40.4 Å². The number of aryl methyl sites for hydroxylation is 3. The van der Waals surface area contributed by atoms with Crippen LogP contribution in [0.2, 0.25) is 0 Å². The molecular formula is C27H27N3O. The van der Waals surface area contributed by atoms with Gasteiger partial charge in [-0.05, 0) is 61.7 Å². The predicted octanol–water partition coefficient (Wildman–Crippen LogP) is 5.53. The van der Waals surface area contributed by atoms with Crippen molar-refractivity contribution in [2.45, 2.75) is 39.7 Å². The van der Waals surface area contributed by atoms with Crippen LogP contribution in [0.15, 0.2) is 66.7 Å². The second-order valence-electron chi connectivity index (χ2n) is 8.79. The third-order valence-electron chi connectivity index (χ3n) is 6.12. The summed E-state index contributed by atoms with van der Waals surface area (Å²) >= 11 is 0. The standard InChI is InChI=1S/C27H27N3O/c1-18-7-6-8-21(12-18)16-30-25-10-5-4-9-24(25)28-27(30)22-15-26(31)29(17-22)23-13-19(2)11-20(3)14-23/h4-14,22H,15-17H2,1-3H3. The maximum Gasteiger partial charge on any atom is 0.227 e. The highest BCUT2D eigenvalue weighted by Crippen LogP contribution is 2.34. The molecule has 4 nitrogen and oxygen atoms in total. The monoisotopic (exact) mass is 409 g/mol. The third-order valence-corrected chi connectivity index (χ3v) is 6.12. The Morgan fingerprint density at radius 3 is 2.45 bits per heavy atom. The molecule has 2 heterocycles. The van der Waals surface area contributed by atoms with Crippen LogP contribution in [0.3, 0.4) is 0 Å². The molecule has 0 N–H and O–H groups in total. The highest BCUT2D eigenvalue weighted by molar-refractivity contribution is 5.96. The van der Waals surface area contributed by atoms with Crippen LogP contribution in [-0.2, 0) is 11.3 Å². The Labute approximate surface area is 183 Å². The van der Waals surface area contributed by atoms with E-state index in [0.717, 1.165) is 29.1 Å². The van der Waals surface area contributed by atoms with Gasteiger partial charge in [0.2, 0.25) is 5.91 Å². The Kier molecular flexibility index (Phi) is 4.85. The molecule has 1 aliphatic rings. The number of hydrogen-bond donors (Lipinski definition) is 0. The molecule has 0 saturated carbocycles. The minimum absolute atomic E-state index is 0.0746. The Bertz CT molecular complexity index is 1270. The molecule has 0 bridgehead atoms. The normalized spacial score (nSPS) is 16.4. The zero-order chi connectivity index (χ0) is 21.5. The molecule has 156 valence electrons. The maximum absolute atomic E-state index is 13.0. The van der Waals surface area contributed by atoms with Gasteiger partial charge < -0.3 is 9.47 Å². The second kappa shape index (κ2) is 7.69. The Morgan fingerprint density at radius 1 is 0.903 bits per heavy atom. The van der Waals surface area contributed by atoms with E-state index >= 15 is 0 Å². The van der Waals surface area contributed by atoms with Crippen LogP contribution < -0.4 is 4.90 Å². The van der Waals surface area contributed by atoms with Crippen molar-refractivity contribution in [1.82, 2.24) is 9.55 Å². The van der Waals surface area contributed by atoms with E-state index in [1.807, 2.05) is 11.0 Å². The molecule has 0 aliphatic carbocycles. The average molecular weight is 410 g/mol. The van der Waals surface area contributed by atoms with E-state index < -0.39 is 0 Å². The molecule has 4 heteroatoms. The number of para-hydroxylation sites is 2. The van der Waals surface area contributed by atoms with Crippen LogP contribution in [0.25, 0.3) is 11.0 Å². The highest BCUT2D eigenvalue weighted by atomic mass is 16.2. The number of nitrogens with zero attached hydrogens (tertiary/aromatic N) is 3. The molecule has 5 rings (SSSR count). The van der Waals surface area contributed by atoms with Gasteiger partial charge in [-0.15, -0.1) is 0 Å². The highest BCUT2D eigenvalue weighted by Gasteiger charge is 2.35. The lowest BCUT2D eigenvalue weighted by atomic mass is 10.1. The molecule has 1 atom stereocenters. The molecule has 1 fully saturated rings. The van der Waals surface area contributed by atoms with Crippen molar-refractivity contribution in [1.29, 1.82) is 0 Å². The van der Waals surface area contributed by atoms with Gasteiger partial charge in [-0.2, -0.15) is 0 Å². The van der Waals surface area contributed by atoms with E-state index in [4.69, 9.17) is 4.98 Å². The number of anilines is 1. The Hall–Kier alpha value is -3.40. The van der Waals surface area contributed by atoms with E-state index in [-0.39, 0.29) is 11.8 Å². The van der Waals surface area contributed by atoms with Crippen LogP contribution in [0, 0.1) is 20.8 Å². The molecule has 3 aromatic carbocycles. The first-order valence-electron chi connectivity index (χ1n) is 10.9. The Morgan fingerprint density at radius 2 is 1.68 bits per heavy atom. The van der Waals surface area contributed by atoms with E-state index in [1.165, 1.54) is 22.3 Å². The summed E-state index contributed by atoms with van der Waals surface area (Å²) in [6.07, 6.45) is 0.490. The number of carbonyl (C=O) groups is 1. The molecule has 1 unspecified atom stereocenters. The third kappa shape index (κ3) is 3.74. The van der Waals surface area contributed by atoms with Gasteiger partial charge >= 0.3 is 0 Å². The zero-order valence-corrected chi connectivity index (χ0v) is 18.3. The molecule has 0 spiro atoms. The van der Waals surface area contributed by atoms with Crippen molar-refractivity contribution in [3.8, 4) is 0 Å². The SMILES string of the molecule is Cc1cccc(Cn2c(C3CC(=O)N(c4cc(C)cc(C)c4)C3)nc3ccccc32)c1. The zero-order valence-electron chi connectivity index (χ0n) is 18.3. The largest absolute Gasteiger partial charge is 0.323 e. The number of benzene rings is 3. The summed E-state index contributed by atoms with van der Waals surface area (Å²) < 4.78 is 2.30. The smallest absolute Gasteiger partial charge is 0.227 e. The first-order chi connectivity index (χ1) is 15.0. The van der Waals surface area contributed by atoms with Gasteiger partial charge in [-0.1, -0.05) is 48.0 Å². The van der Waals surface area contributed by atoms with Gasteiger partial charge in [0.15, 0.2) is 0 Å². The summed E-state index contributed by atoms with van der Waals surface area (Å²) in [5.74, 6) is 1.25.